The summed E-state index contributed by atoms with van der Waals surface area (Å²) in [6.45, 7) is 2.08. The Bertz CT molecular complexity index is 577. The maximum Gasteiger partial charge on any atom is 0.168 e. The number of rotatable bonds is 4. The number of carbonyl (C=O) groups excluding carboxylic acids is 1. The summed E-state index contributed by atoms with van der Waals surface area (Å²) in [5.41, 5.74) is 0.452. The highest BCUT2D eigenvalue weighted by molar-refractivity contribution is 7.12. The van der Waals surface area contributed by atoms with Gasteiger partial charge >= 0.3 is 0 Å². The van der Waals surface area contributed by atoms with Gasteiger partial charge in [0, 0.05) is 21.7 Å². The minimum Gasteiger partial charge on any atom is -0.294 e. The first-order valence-corrected chi connectivity index (χ1v) is 6.85. The van der Waals surface area contributed by atoms with Crippen LogP contribution in [0, 0.1) is 5.82 Å². The number of Topliss-reactive ketones (excluding diaryl/α,β-unsaturated/α-hetero) is 1. The van der Waals surface area contributed by atoms with Gasteiger partial charge in [-0.25, -0.2) is 4.39 Å². The molecule has 94 valence electrons. The summed E-state index contributed by atoms with van der Waals surface area (Å²) >= 11 is 7.30. The van der Waals surface area contributed by atoms with Crippen molar-refractivity contribution < 1.29 is 9.18 Å². The fourth-order valence-corrected chi connectivity index (χ4v) is 2.77. The Labute approximate surface area is 114 Å². The summed E-state index contributed by atoms with van der Waals surface area (Å²) in [5.74, 6) is -0.543. The Hall–Kier alpha value is -1.19. The van der Waals surface area contributed by atoms with E-state index in [1.54, 1.807) is 11.3 Å². The molecule has 0 atom stereocenters. The van der Waals surface area contributed by atoms with Crippen molar-refractivity contribution >= 4 is 28.7 Å². The molecule has 0 spiro atoms. The third-order valence-electron chi connectivity index (χ3n) is 2.64. The zero-order valence-electron chi connectivity index (χ0n) is 9.87. The second-order valence-electron chi connectivity index (χ2n) is 3.95. The molecule has 0 unspecified atom stereocenters. The van der Waals surface area contributed by atoms with Crippen molar-refractivity contribution in [1.29, 1.82) is 0 Å². The molecule has 0 saturated heterocycles. The van der Waals surface area contributed by atoms with Gasteiger partial charge in [-0.3, -0.25) is 4.79 Å². The van der Waals surface area contributed by atoms with Crippen LogP contribution in [0.25, 0.3) is 0 Å². The van der Waals surface area contributed by atoms with Crippen LogP contribution < -0.4 is 0 Å². The molecule has 1 aromatic heterocycles. The van der Waals surface area contributed by atoms with Gasteiger partial charge in [-0.1, -0.05) is 18.5 Å². The largest absolute Gasteiger partial charge is 0.294 e. The van der Waals surface area contributed by atoms with Crippen LogP contribution in [0.5, 0.6) is 0 Å². The normalized spacial score (nSPS) is 10.6. The number of halogens is 2. The van der Waals surface area contributed by atoms with Crippen LogP contribution in [0.15, 0.2) is 30.3 Å². The summed E-state index contributed by atoms with van der Waals surface area (Å²) in [6, 6.07) is 8.07. The fraction of sp³-hybridized carbons (Fsp3) is 0.214. The number of ketones is 1. The number of hydrogen-bond acceptors (Lipinski definition) is 2. The number of carbonyl (C=O) groups is 1. The Kier molecular flexibility index (Phi) is 4.15. The first-order chi connectivity index (χ1) is 8.60. The summed E-state index contributed by atoms with van der Waals surface area (Å²) in [7, 11) is 0. The second-order valence-corrected chi connectivity index (χ2v) is 5.61. The van der Waals surface area contributed by atoms with Crippen molar-refractivity contribution in [2.45, 2.75) is 19.8 Å². The van der Waals surface area contributed by atoms with Crippen LogP contribution in [0.4, 0.5) is 4.39 Å². The number of thiophene rings is 1. The Morgan fingerprint density at radius 3 is 2.61 bits per heavy atom. The Morgan fingerprint density at radius 1 is 1.28 bits per heavy atom. The van der Waals surface area contributed by atoms with E-state index in [9.17, 15) is 9.18 Å². The van der Waals surface area contributed by atoms with Crippen LogP contribution in [0.3, 0.4) is 0 Å². The van der Waals surface area contributed by atoms with Crippen molar-refractivity contribution in [1.82, 2.24) is 0 Å². The van der Waals surface area contributed by atoms with Gasteiger partial charge in [-0.05, 0) is 36.8 Å². The first-order valence-electron chi connectivity index (χ1n) is 5.66. The SMILES string of the molecule is CCc1ccc(CC(=O)c2ccc(F)c(Cl)c2)s1. The molecule has 0 radical (unpaired) electrons. The molecule has 0 saturated carbocycles. The summed E-state index contributed by atoms with van der Waals surface area (Å²) in [6.07, 6.45) is 1.31. The number of aryl methyl sites for hydroxylation is 1. The predicted molar refractivity (Wildman–Crippen MR) is 73.1 cm³/mol. The average Bonchev–Trinajstić information content (AvgIpc) is 2.80. The third kappa shape index (κ3) is 2.98. The lowest BCUT2D eigenvalue weighted by Gasteiger charge is -2.01. The molecule has 2 rings (SSSR count). The number of benzene rings is 1. The molecule has 1 aromatic carbocycles. The molecule has 0 N–H and O–H groups in total. The second kappa shape index (κ2) is 5.63. The smallest absolute Gasteiger partial charge is 0.168 e. The molecule has 0 fully saturated rings. The topological polar surface area (TPSA) is 17.1 Å². The quantitative estimate of drug-likeness (QED) is 0.753. The van der Waals surface area contributed by atoms with Crippen LogP contribution in [-0.4, -0.2) is 5.78 Å². The molecular formula is C14H12ClFOS. The predicted octanol–water partition coefficient (Wildman–Crippen LogP) is 4.53. The van der Waals surface area contributed by atoms with Gasteiger partial charge in [0.05, 0.1) is 5.02 Å². The van der Waals surface area contributed by atoms with Gasteiger partial charge in [0.1, 0.15) is 5.82 Å². The lowest BCUT2D eigenvalue weighted by molar-refractivity contribution is 0.0994. The summed E-state index contributed by atoms with van der Waals surface area (Å²) in [4.78, 5) is 14.3. The van der Waals surface area contributed by atoms with Gasteiger partial charge in [-0.2, -0.15) is 0 Å². The van der Waals surface area contributed by atoms with Crippen molar-refractivity contribution in [2.24, 2.45) is 0 Å². The van der Waals surface area contributed by atoms with E-state index in [1.165, 1.54) is 23.1 Å². The van der Waals surface area contributed by atoms with Crippen molar-refractivity contribution in [3.8, 4) is 0 Å². The monoisotopic (exact) mass is 282 g/mol. The van der Waals surface area contributed by atoms with Crippen LogP contribution in [0.1, 0.15) is 27.0 Å². The van der Waals surface area contributed by atoms with Gasteiger partial charge in [0.2, 0.25) is 0 Å². The molecule has 18 heavy (non-hydrogen) atoms. The highest BCUT2D eigenvalue weighted by Gasteiger charge is 2.11. The minimum atomic E-state index is -0.502. The van der Waals surface area contributed by atoms with Crippen LogP contribution in [0.2, 0.25) is 5.02 Å². The van der Waals surface area contributed by atoms with Gasteiger partial charge in [-0.15, -0.1) is 11.3 Å². The van der Waals surface area contributed by atoms with E-state index in [2.05, 4.69) is 6.92 Å². The molecule has 1 nitrogen and oxygen atoms in total. The highest BCUT2D eigenvalue weighted by atomic mass is 35.5. The molecule has 0 aliphatic carbocycles. The van der Waals surface area contributed by atoms with Crippen molar-refractivity contribution in [3.63, 3.8) is 0 Å². The molecule has 0 bridgehead atoms. The van der Waals surface area contributed by atoms with Crippen LogP contribution in [-0.2, 0) is 12.8 Å². The fourth-order valence-electron chi connectivity index (χ4n) is 1.64. The number of hydrogen-bond donors (Lipinski definition) is 0. The van der Waals surface area contributed by atoms with Gasteiger partial charge in [0.25, 0.3) is 0 Å². The minimum absolute atomic E-state index is 0.0127. The first kappa shape index (κ1) is 13.2. The maximum atomic E-state index is 13.0. The van der Waals surface area contributed by atoms with E-state index in [-0.39, 0.29) is 10.8 Å². The zero-order chi connectivity index (χ0) is 13.1. The maximum absolute atomic E-state index is 13.0. The zero-order valence-corrected chi connectivity index (χ0v) is 11.4. The average molecular weight is 283 g/mol. The molecule has 0 aliphatic heterocycles. The van der Waals surface area contributed by atoms with E-state index < -0.39 is 5.82 Å². The summed E-state index contributed by atoms with van der Waals surface area (Å²) in [5, 5.41) is -0.0127. The van der Waals surface area contributed by atoms with Gasteiger partial charge in [0.15, 0.2) is 5.78 Å². The van der Waals surface area contributed by atoms with Crippen molar-refractivity contribution in [2.75, 3.05) is 0 Å². The molecule has 0 amide bonds. The van der Waals surface area contributed by atoms with E-state index >= 15 is 0 Å². The van der Waals surface area contributed by atoms with Gasteiger partial charge < -0.3 is 0 Å². The van der Waals surface area contributed by atoms with E-state index in [0.29, 0.717) is 12.0 Å². The summed E-state index contributed by atoms with van der Waals surface area (Å²) < 4.78 is 13.0. The van der Waals surface area contributed by atoms with E-state index in [1.807, 2.05) is 12.1 Å². The molecule has 0 aliphatic rings. The van der Waals surface area contributed by atoms with E-state index in [4.69, 9.17) is 11.6 Å². The third-order valence-corrected chi connectivity index (χ3v) is 4.16. The van der Waals surface area contributed by atoms with Crippen molar-refractivity contribution in [3.05, 3.63) is 56.5 Å². The van der Waals surface area contributed by atoms with E-state index in [0.717, 1.165) is 11.3 Å². The Morgan fingerprint density at radius 2 is 2.00 bits per heavy atom. The Balaban J connectivity index is 2.14. The standard InChI is InChI=1S/C14H12ClFOS/c1-2-10-4-5-11(18-10)8-14(17)9-3-6-13(16)12(15)7-9/h3-7H,2,8H2,1H3. The lowest BCUT2D eigenvalue weighted by atomic mass is 10.1. The molecule has 4 heteroatoms. The molecule has 2 aromatic rings. The molecule has 1 heterocycles. The van der Waals surface area contributed by atoms with Crippen LogP contribution >= 0.6 is 22.9 Å². The highest BCUT2D eigenvalue weighted by Crippen LogP contribution is 2.21. The lowest BCUT2D eigenvalue weighted by Crippen LogP contribution is -2.02. The molecular weight excluding hydrogens is 271 g/mol.